The van der Waals surface area contributed by atoms with Crippen LogP contribution < -0.4 is 14.8 Å². The van der Waals surface area contributed by atoms with Crippen LogP contribution in [0.1, 0.15) is 16.7 Å². The molecule has 1 amide bonds. The van der Waals surface area contributed by atoms with Crippen LogP contribution in [0.4, 0.5) is 0 Å². The molecule has 0 aliphatic heterocycles. The van der Waals surface area contributed by atoms with Crippen molar-refractivity contribution in [1.29, 1.82) is 5.26 Å². The van der Waals surface area contributed by atoms with Crippen LogP contribution in [0.25, 0.3) is 6.08 Å². The van der Waals surface area contributed by atoms with Gasteiger partial charge >= 0.3 is 0 Å². The second-order valence-electron chi connectivity index (χ2n) is 6.81. The molecule has 7 heteroatoms. The van der Waals surface area contributed by atoms with E-state index in [-0.39, 0.29) is 5.57 Å². The number of nitrogens with zero attached hydrogens (tertiary/aromatic N) is 1. The Morgan fingerprint density at radius 2 is 1.78 bits per heavy atom. The van der Waals surface area contributed by atoms with E-state index in [2.05, 4.69) is 43.8 Å². The zero-order chi connectivity index (χ0) is 22.9. The summed E-state index contributed by atoms with van der Waals surface area (Å²) in [4.78, 5) is 12.5. The predicted octanol–water partition coefficient (Wildman–Crippen LogP) is 5.86. The summed E-state index contributed by atoms with van der Waals surface area (Å²) in [6.45, 7) is 0.776. The van der Waals surface area contributed by atoms with Gasteiger partial charge in [0.15, 0.2) is 0 Å². The van der Waals surface area contributed by atoms with Crippen molar-refractivity contribution in [2.75, 3.05) is 7.11 Å². The van der Waals surface area contributed by atoms with Crippen molar-refractivity contribution in [3.63, 3.8) is 0 Å². The predicted molar refractivity (Wildman–Crippen MR) is 136 cm³/mol. The number of halogens is 2. The number of methoxy groups -OCH3 is 1. The van der Waals surface area contributed by atoms with Gasteiger partial charge in [0.2, 0.25) is 0 Å². The Morgan fingerprint density at radius 1 is 1.09 bits per heavy atom. The highest BCUT2D eigenvalue weighted by molar-refractivity contribution is 14.1. The summed E-state index contributed by atoms with van der Waals surface area (Å²) < 4.78 is 12.9. The molecule has 0 bridgehead atoms. The summed E-state index contributed by atoms with van der Waals surface area (Å²) in [6, 6.07) is 22.9. The lowest BCUT2D eigenvalue weighted by atomic mass is 10.1. The summed E-state index contributed by atoms with van der Waals surface area (Å²) in [7, 11) is 1.60. The van der Waals surface area contributed by atoms with Crippen molar-refractivity contribution in [1.82, 2.24) is 5.32 Å². The van der Waals surface area contributed by atoms with Crippen LogP contribution in [0.3, 0.4) is 0 Å². The highest BCUT2D eigenvalue weighted by Crippen LogP contribution is 2.24. The summed E-state index contributed by atoms with van der Waals surface area (Å²) in [5.41, 5.74) is 2.77. The SMILES string of the molecule is COc1ccc(CNC(=O)/C(C#N)=C\c2ccc(OCc3ccc(Br)cc3)c(I)c2)cc1. The molecular weight excluding hydrogens is 583 g/mol. The Morgan fingerprint density at radius 3 is 2.41 bits per heavy atom. The largest absolute Gasteiger partial charge is 0.497 e. The topological polar surface area (TPSA) is 71.3 Å². The number of amides is 1. The smallest absolute Gasteiger partial charge is 0.262 e. The third kappa shape index (κ3) is 6.84. The fraction of sp³-hybridized carbons (Fsp3) is 0.120. The molecule has 3 rings (SSSR count). The van der Waals surface area contributed by atoms with E-state index in [1.165, 1.54) is 0 Å². The zero-order valence-corrected chi connectivity index (χ0v) is 21.0. The van der Waals surface area contributed by atoms with Gasteiger partial charge in [-0.1, -0.05) is 46.3 Å². The molecule has 0 aliphatic carbocycles. The Kier molecular flexibility index (Phi) is 8.71. The first-order valence-corrected chi connectivity index (χ1v) is 11.6. The number of nitrogens with one attached hydrogen (secondary N) is 1. The van der Waals surface area contributed by atoms with Crippen molar-refractivity contribution in [2.24, 2.45) is 0 Å². The van der Waals surface area contributed by atoms with Gasteiger partial charge in [-0.2, -0.15) is 5.26 Å². The van der Waals surface area contributed by atoms with E-state index < -0.39 is 5.91 Å². The van der Waals surface area contributed by atoms with Gasteiger partial charge in [-0.15, -0.1) is 0 Å². The average Bonchev–Trinajstić information content (AvgIpc) is 2.81. The molecule has 32 heavy (non-hydrogen) atoms. The fourth-order valence-electron chi connectivity index (χ4n) is 2.80. The Labute approximate surface area is 209 Å². The second kappa shape index (κ2) is 11.7. The zero-order valence-electron chi connectivity index (χ0n) is 17.3. The van der Waals surface area contributed by atoms with Crippen LogP contribution in [0.5, 0.6) is 11.5 Å². The van der Waals surface area contributed by atoms with Crippen LogP contribution >= 0.6 is 38.5 Å². The number of hydrogen-bond acceptors (Lipinski definition) is 4. The van der Waals surface area contributed by atoms with Crippen molar-refractivity contribution in [3.05, 3.63) is 97.0 Å². The molecule has 0 spiro atoms. The Bertz CT molecular complexity index is 1150. The van der Waals surface area contributed by atoms with Gasteiger partial charge in [-0.3, -0.25) is 4.79 Å². The number of carbonyl (C=O) groups excluding carboxylic acids is 1. The molecule has 162 valence electrons. The molecule has 3 aromatic carbocycles. The standard InChI is InChI=1S/C25H20BrIN2O3/c1-31-22-9-4-17(5-10-22)15-29-25(30)20(14-28)12-19-6-11-24(23(27)13-19)32-16-18-2-7-21(26)8-3-18/h2-13H,15-16H2,1H3,(H,29,30)/b20-12-. The fourth-order valence-corrected chi connectivity index (χ4v) is 3.76. The van der Waals surface area contributed by atoms with Gasteiger partial charge in [-0.05, 0) is 81.8 Å². The van der Waals surface area contributed by atoms with E-state index in [0.717, 1.165) is 36.2 Å². The van der Waals surface area contributed by atoms with E-state index in [1.807, 2.05) is 72.8 Å². The number of benzene rings is 3. The van der Waals surface area contributed by atoms with Crippen molar-refractivity contribution >= 4 is 50.5 Å². The molecular formula is C25H20BrIN2O3. The van der Waals surface area contributed by atoms with E-state index in [4.69, 9.17) is 9.47 Å². The minimum absolute atomic E-state index is 0.0397. The molecule has 5 nitrogen and oxygen atoms in total. The van der Waals surface area contributed by atoms with Crippen LogP contribution in [-0.2, 0) is 17.9 Å². The lowest BCUT2D eigenvalue weighted by Gasteiger charge is -2.09. The monoisotopic (exact) mass is 602 g/mol. The van der Waals surface area contributed by atoms with Crippen LogP contribution in [-0.4, -0.2) is 13.0 Å². The highest BCUT2D eigenvalue weighted by atomic mass is 127. The molecule has 0 radical (unpaired) electrons. The van der Waals surface area contributed by atoms with Crippen molar-refractivity contribution < 1.29 is 14.3 Å². The summed E-state index contributed by atoms with van der Waals surface area (Å²) >= 11 is 5.60. The van der Waals surface area contributed by atoms with Crippen LogP contribution in [0.2, 0.25) is 0 Å². The Balaban J connectivity index is 1.62. The van der Waals surface area contributed by atoms with Crippen LogP contribution in [0.15, 0.2) is 76.8 Å². The lowest BCUT2D eigenvalue weighted by molar-refractivity contribution is -0.117. The molecule has 0 saturated heterocycles. The number of nitriles is 1. The molecule has 1 N–H and O–H groups in total. The third-order valence-electron chi connectivity index (χ3n) is 4.55. The van der Waals surface area contributed by atoms with E-state index in [9.17, 15) is 10.1 Å². The summed E-state index contributed by atoms with van der Waals surface area (Å²) in [6.07, 6.45) is 1.57. The van der Waals surface area contributed by atoms with Gasteiger partial charge in [0.1, 0.15) is 29.7 Å². The molecule has 0 atom stereocenters. The number of ether oxygens (including phenoxy) is 2. The molecule has 0 aliphatic rings. The van der Waals surface area contributed by atoms with E-state index in [0.29, 0.717) is 13.2 Å². The molecule has 0 saturated carbocycles. The average molecular weight is 603 g/mol. The highest BCUT2D eigenvalue weighted by Gasteiger charge is 2.10. The lowest BCUT2D eigenvalue weighted by Crippen LogP contribution is -2.23. The first kappa shape index (κ1) is 23.8. The number of hydrogen-bond donors (Lipinski definition) is 1. The van der Waals surface area contributed by atoms with Crippen LogP contribution in [0, 0.1) is 14.9 Å². The van der Waals surface area contributed by atoms with E-state index >= 15 is 0 Å². The maximum atomic E-state index is 12.5. The van der Waals surface area contributed by atoms with Gasteiger partial charge in [-0.25, -0.2) is 0 Å². The maximum Gasteiger partial charge on any atom is 0.262 e. The van der Waals surface area contributed by atoms with Gasteiger partial charge in [0.05, 0.1) is 10.7 Å². The molecule has 0 aromatic heterocycles. The number of carbonyl (C=O) groups is 1. The molecule has 3 aromatic rings. The second-order valence-corrected chi connectivity index (χ2v) is 8.88. The quantitative estimate of drug-likeness (QED) is 0.199. The molecule has 0 heterocycles. The first-order valence-electron chi connectivity index (χ1n) is 9.68. The maximum absolute atomic E-state index is 12.5. The first-order chi connectivity index (χ1) is 15.5. The van der Waals surface area contributed by atoms with Gasteiger partial charge in [0.25, 0.3) is 5.91 Å². The molecule has 0 fully saturated rings. The van der Waals surface area contributed by atoms with Crippen molar-refractivity contribution in [2.45, 2.75) is 13.2 Å². The molecule has 0 unspecified atom stereocenters. The van der Waals surface area contributed by atoms with Crippen molar-refractivity contribution in [3.8, 4) is 17.6 Å². The van der Waals surface area contributed by atoms with E-state index in [1.54, 1.807) is 13.2 Å². The number of rotatable bonds is 8. The van der Waals surface area contributed by atoms with Gasteiger partial charge < -0.3 is 14.8 Å². The normalized spacial score (nSPS) is 10.9. The summed E-state index contributed by atoms with van der Waals surface area (Å²) in [5.74, 6) is 1.07. The minimum Gasteiger partial charge on any atom is -0.497 e. The minimum atomic E-state index is -0.422. The third-order valence-corrected chi connectivity index (χ3v) is 5.92. The summed E-state index contributed by atoms with van der Waals surface area (Å²) in [5, 5.41) is 12.2. The Hall–Kier alpha value is -2.83. The van der Waals surface area contributed by atoms with Gasteiger partial charge in [0, 0.05) is 11.0 Å².